The number of hydrogen-bond acceptors (Lipinski definition) is 3. The highest BCUT2D eigenvalue weighted by Gasteiger charge is 2.31. The number of ether oxygens (including phenoxy) is 1. The van der Waals surface area contributed by atoms with Crippen LogP contribution in [-0.4, -0.2) is 36.4 Å². The second-order valence-electron chi connectivity index (χ2n) is 4.66. The van der Waals surface area contributed by atoms with Gasteiger partial charge in [0.1, 0.15) is 6.04 Å². The summed E-state index contributed by atoms with van der Waals surface area (Å²) in [6, 6.07) is 4.23. The fraction of sp³-hybridized carbons (Fsp3) is 0.429. The Hall–Kier alpha value is -2.11. The van der Waals surface area contributed by atoms with Crippen LogP contribution in [0.3, 0.4) is 0 Å². The first-order valence-electron chi connectivity index (χ1n) is 6.46. The second kappa shape index (κ2) is 5.90. The minimum atomic E-state index is -0.523. The third kappa shape index (κ3) is 2.74. The highest BCUT2D eigenvalue weighted by atomic mass is 19.1. The first-order valence-corrected chi connectivity index (χ1v) is 6.46. The number of nitrogens with zero attached hydrogens (tertiary/aromatic N) is 1. The van der Waals surface area contributed by atoms with Crippen molar-refractivity contribution in [2.75, 3.05) is 13.7 Å². The lowest BCUT2D eigenvalue weighted by atomic mass is 10.1. The zero-order chi connectivity index (χ0) is 14.7. The average Bonchev–Trinajstić information content (AvgIpc) is 2.44. The summed E-state index contributed by atoms with van der Waals surface area (Å²) in [7, 11) is 1.38. The van der Waals surface area contributed by atoms with Gasteiger partial charge in [-0.05, 0) is 12.5 Å². The smallest absolute Gasteiger partial charge is 0.245 e. The van der Waals surface area contributed by atoms with Gasteiger partial charge in [-0.15, -0.1) is 0 Å². The molecule has 1 heterocycles. The number of carbonyl (C=O) groups is 2. The molecule has 1 fully saturated rings. The maximum Gasteiger partial charge on any atom is 0.245 e. The summed E-state index contributed by atoms with van der Waals surface area (Å²) in [5, 5.41) is 2.62. The summed E-state index contributed by atoms with van der Waals surface area (Å²) in [5.74, 6) is -0.778. The molecule has 1 unspecified atom stereocenters. The van der Waals surface area contributed by atoms with E-state index in [-0.39, 0.29) is 30.7 Å². The Balaban J connectivity index is 2.20. The van der Waals surface area contributed by atoms with Crippen molar-refractivity contribution in [1.29, 1.82) is 0 Å². The summed E-state index contributed by atoms with van der Waals surface area (Å²) in [5.41, 5.74) is 0.335. The predicted molar refractivity (Wildman–Crippen MR) is 70.6 cm³/mol. The zero-order valence-corrected chi connectivity index (χ0v) is 11.5. The Kier molecular flexibility index (Phi) is 4.22. The van der Waals surface area contributed by atoms with Gasteiger partial charge < -0.3 is 15.0 Å². The van der Waals surface area contributed by atoms with Crippen molar-refractivity contribution in [1.82, 2.24) is 10.2 Å². The SMILES string of the molecule is CCC1NC(=O)CN(Cc2cccc(OC)c2F)C1=O. The van der Waals surface area contributed by atoms with E-state index in [1.165, 1.54) is 18.1 Å². The van der Waals surface area contributed by atoms with Crippen LogP contribution in [0.5, 0.6) is 5.75 Å². The summed E-state index contributed by atoms with van der Waals surface area (Å²) in [6.45, 7) is 1.83. The van der Waals surface area contributed by atoms with Crippen LogP contribution in [0.25, 0.3) is 0 Å². The van der Waals surface area contributed by atoms with Gasteiger partial charge in [0.2, 0.25) is 11.8 Å². The molecule has 1 saturated heterocycles. The van der Waals surface area contributed by atoms with E-state index in [0.717, 1.165) is 0 Å². The highest BCUT2D eigenvalue weighted by Crippen LogP contribution is 2.22. The van der Waals surface area contributed by atoms with Crippen molar-refractivity contribution in [2.45, 2.75) is 25.9 Å². The van der Waals surface area contributed by atoms with E-state index < -0.39 is 11.9 Å². The number of nitrogens with one attached hydrogen (secondary N) is 1. The number of piperazine rings is 1. The number of benzene rings is 1. The van der Waals surface area contributed by atoms with E-state index in [1.54, 1.807) is 12.1 Å². The predicted octanol–water partition coefficient (Wildman–Crippen LogP) is 1.07. The monoisotopic (exact) mass is 280 g/mol. The molecule has 0 radical (unpaired) electrons. The van der Waals surface area contributed by atoms with Crippen LogP contribution in [-0.2, 0) is 16.1 Å². The van der Waals surface area contributed by atoms with Crippen molar-refractivity contribution < 1.29 is 18.7 Å². The van der Waals surface area contributed by atoms with Gasteiger partial charge in [-0.25, -0.2) is 4.39 Å². The minimum Gasteiger partial charge on any atom is -0.494 e. The van der Waals surface area contributed by atoms with Gasteiger partial charge in [0.25, 0.3) is 0 Å². The standard InChI is InChI=1S/C14H17FN2O3/c1-3-10-14(19)17(8-12(18)16-10)7-9-5-4-6-11(20-2)13(9)15/h4-6,10H,3,7-8H2,1-2H3,(H,16,18). The molecule has 2 amide bonds. The van der Waals surface area contributed by atoms with Gasteiger partial charge >= 0.3 is 0 Å². The fourth-order valence-corrected chi connectivity index (χ4v) is 2.23. The van der Waals surface area contributed by atoms with E-state index >= 15 is 0 Å². The number of methoxy groups -OCH3 is 1. The Morgan fingerprint density at radius 1 is 1.45 bits per heavy atom. The number of amides is 2. The lowest BCUT2D eigenvalue weighted by Gasteiger charge is -2.32. The van der Waals surface area contributed by atoms with Crippen LogP contribution in [0.2, 0.25) is 0 Å². The van der Waals surface area contributed by atoms with E-state index in [0.29, 0.717) is 12.0 Å². The van der Waals surface area contributed by atoms with Crippen molar-refractivity contribution in [3.05, 3.63) is 29.6 Å². The summed E-state index contributed by atoms with van der Waals surface area (Å²) >= 11 is 0. The van der Waals surface area contributed by atoms with Gasteiger partial charge in [0.05, 0.1) is 13.7 Å². The van der Waals surface area contributed by atoms with Crippen molar-refractivity contribution in [3.8, 4) is 5.75 Å². The molecule has 1 aliphatic rings. The third-order valence-corrected chi connectivity index (χ3v) is 3.31. The normalized spacial score (nSPS) is 18.9. The lowest BCUT2D eigenvalue weighted by molar-refractivity contribution is -0.144. The number of carbonyl (C=O) groups excluding carboxylic acids is 2. The molecule has 2 rings (SSSR count). The quantitative estimate of drug-likeness (QED) is 0.897. The molecule has 1 N–H and O–H groups in total. The molecule has 1 aromatic rings. The van der Waals surface area contributed by atoms with Gasteiger partial charge in [0.15, 0.2) is 11.6 Å². The first kappa shape index (κ1) is 14.3. The summed E-state index contributed by atoms with van der Waals surface area (Å²) in [6.07, 6.45) is 0.516. The van der Waals surface area contributed by atoms with E-state index in [9.17, 15) is 14.0 Å². The number of rotatable bonds is 4. The fourth-order valence-electron chi connectivity index (χ4n) is 2.23. The van der Waals surface area contributed by atoms with Crippen molar-refractivity contribution in [2.24, 2.45) is 0 Å². The van der Waals surface area contributed by atoms with Crippen LogP contribution in [0.4, 0.5) is 4.39 Å². The van der Waals surface area contributed by atoms with Crippen LogP contribution in [0.1, 0.15) is 18.9 Å². The summed E-state index contributed by atoms with van der Waals surface area (Å²) < 4.78 is 19.0. The minimum absolute atomic E-state index is 0.0496. The maximum absolute atomic E-state index is 14.1. The zero-order valence-electron chi connectivity index (χ0n) is 11.5. The molecule has 1 aliphatic heterocycles. The Morgan fingerprint density at radius 3 is 2.85 bits per heavy atom. The van der Waals surface area contributed by atoms with Gasteiger partial charge in [0, 0.05) is 12.1 Å². The molecule has 6 heteroatoms. The Bertz CT molecular complexity index is 533. The molecular formula is C14H17FN2O3. The van der Waals surface area contributed by atoms with Gasteiger partial charge in [-0.1, -0.05) is 19.1 Å². The van der Waals surface area contributed by atoms with Crippen LogP contribution >= 0.6 is 0 Å². The summed E-state index contributed by atoms with van der Waals surface area (Å²) in [4.78, 5) is 25.1. The molecule has 1 atom stereocenters. The molecule has 0 spiro atoms. The highest BCUT2D eigenvalue weighted by molar-refractivity contribution is 5.94. The molecule has 108 valence electrons. The van der Waals surface area contributed by atoms with Gasteiger partial charge in [-0.3, -0.25) is 9.59 Å². The number of halogens is 1. The molecule has 20 heavy (non-hydrogen) atoms. The Morgan fingerprint density at radius 2 is 2.20 bits per heavy atom. The molecular weight excluding hydrogens is 263 g/mol. The molecule has 5 nitrogen and oxygen atoms in total. The van der Waals surface area contributed by atoms with Crippen LogP contribution in [0, 0.1) is 5.82 Å². The second-order valence-corrected chi connectivity index (χ2v) is 4.66. The molecule has 0 saturated carbocycles. The molecule has 0 aromatic heterocycles. The number of hydrogen-bond donors (Lipinski definition) is 1. The largest absolute Gasteiger partial charge is 0.494 e. The molecule has 0 bridgehead atoms. The third-order valence-electron chi connectivity index (χ3n) is 3.31. The van der Waals surface area contributed by atoms with E-state index in [2.05, 4.69) is 5.32 Å². The van der Waals surface area contributed by atoms with Crippen LogP contribution < -0.4 is 10.1 Å². The van der Waals surface area contributed by atoms with Crippen molar-refractivity contribution in [3.63, 3.8) is 0 Å². The average molecular weight is 280 g/mol. The maximum atomic E-state index is 14.1. The van der Waals surface area contributed by atoms with E-state index in [4.69, 9.17) is 4.74 Å². The Labute approximate surface area is 116 Å². The lowest BCUT2D eigenvalue weighted by Crippen LogP contribution is -2.57. The van der Waals surface area contributed by atoms with Crippen LogP contribution in [0.15, 0.2) is 18.2 Å². The molecule has 0 aliphatic carbocycles. The molecule has 1 aromatic carbocycles. The topological polar surface area (TPSA) is 58.6 Å². The van der Waals surface area contributed by atoms with Gasteiger partial charge in [-0.2, -0.15) is 0 Å². The first-order chi connectivity index (χ1) is 9.56. The van der Waals surface area contributed by atoms with Crippen molar-refractivity contribution >= 4 is 11.8 Å². The van der Waals surface area contributed by atoms with E-state index in [1.807, 2.05) is 6.92 Å².